The largest absolute Gasteiger partial charge is 0.366 e. The van der Waals surface area contributed by atoms with Gasteiger partial charge in [0.05, 0.1) is 11.1 Å². The fourth-order valence-corrected chi connectivity index (χ4v) is 2.66. The van der Waals surface area contributed by atoms with Gasteiger partial charge in [-0.15, -0.1) is 0 Å². The van der Waals surface area contributed by atoms with Crippen LogP contribution in [0.3, 0.4) is 0 Å². The number of likely N-dealkylation sites (tertiary alicyclic amines) is 1. The Balaban J connectivity index is 1.88. The highest BCUT2D eigenvalue weighted by Crippen LogP contribution is 2.22. The number of piperidine rings is 1. The molecule has 1 N–H and O–H groups in total. The van der Waals surface area contributed by atoms with Crippen molar-refractivity contribution in [2.24, 2.45) is 0 Å². The molecule has 1 aliphatic rings. The molecule has 0 amide bonds. The van der Waals surface area contributed by atoms with Crippen molar-refractivity contribution in [1.82, 2.24) is 9.88 Å². The molecule has 1 aromatic carbocycles. The van der Waals surface area contributed by atoms with E-state index in [2.05, 4.69) is 28.3 Å². The second kappa shape index (κ2) is 5.48. The van der Waals surface area contributed by atoms with Crippen molar-refractivity contribution in [3.8, 4) is 6.07 Å². The highest BCUT2D eigenvalue weighted by atomic mass is 15.1. The molecule has 0 bridgehead atoms. The van der Waals surface area contributed by atoms with Gasteiger partial charge in [-0.2, -0.15) is 5.26 Å². The fourth-order valence-electron chi connectivity index (χ4n) is 2.66. The van der Waals surface area contributed by atoms with Crippen molar-refractivity contribution in [3.05, 3.63) is 35.9 Å². The van der Waals surface area contributed by atoms with Gasteiger partial charge in [0.2, 0.25) is 0 Å². The lowest BCUT2D eigenvalue weighted by Crippen LogP contribution is -2.37. The van der Waals surface area contributed by atoms with Crippen molar-refractivity contribution in [2.45, 2.75) is 18.9 Å². The molecular weight excluding hydrogens is 248 g/mol. The van der Waals surface area contributed by atoms with E-state index in [1.165, 1.54) is 0 Å². The van der Waals surface area contributed by atoms with E-state index in [-0.39, 0.29) is 0 Å². The van der Waals surface area contributed by atoms with Crippen molar-refractivity contribution >= 4 is 16.7 Å². The first-order chi connectivity index (χ1) is 9.76. The summed E-state index contributed by atoms with van der Waals surface area (Å²) < 4.78 is 0. The molecule has 4 nitrogen and oxygen atoms in total. The minimum Gasteiger partial charge on any atom is -0.366 e. The number of hydrogen-bond donors (Lipinski definition) is 1. The molecule has 0 radical (unpaired) electrons. The van der Waals surface area contributed by atoms with Gasteiger partial charge >= 0.3 is 0 Å². The monoisotopic (exact) mass is 266 g/mol. The smallest absolute Gasteiger partial charge is 0.144 e. The first-order valence-corrected chi connectivity index (χ1v) is 7.01. The molecule has 1 fully saturated rings. The van der Waals surface area contributed by atoms with Crippen LogP contribution in [0.1, 0.15) is 18.4 Å². The molecule has 2 aromatic rings. The van der Waals surface area contributed by atoms with Crippen LogP contribution >= 0.6 is 0 Å². The van der Waals surface area contributed by atoms with Gasteiger partial charge in [-0.3, -0.25) is 0 Å². The number of benzene rings is 1. The number of aromatic nitrogens is 1. The summed E-state index contributed by atoms with van der Waals surface area (Å²) >= 11 is 0. The van der Waals surface area contributed by atoms with Crippen molar-refractivity contribution < 1.29 is 0 Å². The third-order valence-corrected chi connectivity index (χ3v) is 3.90. The van der Waals surface area contributed by atoms with E-state index in [0.717, 1.165) is 42.7 Å². The van der Waals surface area contributed by atoms with E-state index in [0.29, 0.717) is 11.6 Å². The number of nitrogens with one attached hydrogen (secondary N) is 1. The summed E-state index contributed by atoms with van der Waals surface area (Å²) in [7, 11) is 2.14. The summed E-state index contributed by atoms with van der Waals surface area (Å²) in [6.07, 6.45) is 2.19. The Hall–Kier alpha value is -2.12. The third kappa shape index (κ3) is 2.59. The van der Waals surface area contributed by atoms with Crippen molar-refractivity contribution in [3.63, 3.8) is 0 Å². The summed E-state index contributed by atoms with van der Waals surface area (Å²) in [6.45, 7) is 2.18. The zero-order valence-electron chi connectivity index (χ0n) is 11.6. The minimum atomic E-state index is 0.409. The molecule has 20 heavy (non-hydrogen) atoms. The number of nitrogens with zero attached hydrogens (tertiary/aromatic N) is 3. The van der Waals surface area contributed by atoms with E-state index >= 15 is 0 Å². The number of anilines is 1. The molecule has 0 atom stereocenters. The van der Waals surface area contributed by atoms with Gasteiger partial charge in [0.15, 0.2) is 0 Å². The normalized spacial score (nSPS) is 17.0. The van der Waals surface area contributed by atoms with Gasteiger partial charge in [0.1, 0.15) is 11.9 Å². The Labute approximate surface area is 119 Å². The van der Waals surface area contributed by atoms with Gasteiger partial charge < -0.3 is 10.2 Å². The Bertz CT molecular complexity index is 651. The summed E-state index contributed by atoms with van der Waals surface area (Å²) in [5.41, 5.74) is 1.56. The summed E-state index contributed by atoms with van der Waals surface area (Å²) in [6, 6.07) is 12.5. The van der Waals surface area contributed by atoms with Crippen LogP contribution in [0.2, 0.25) is 0 Å². The first kappa shape index (κ1) is 12.9. The third-order valence-electron chi connectivity index (χ3n) is 3.90. The lowest BCUT2D eigenvalue weighted by molar-refractivity contribution is 0.263. The maximum absolute atomic E-state index is 9.31. The second-order valence-electron chi connectivity index (χ2n) is 5.41. The lowest BCUT2D eigenvalue weighted by atomic mass is 10.0. The highest BCUT2D eigenvalue weighted by Gasteiger charge is 2.18. The fraction of sp³-hybridized carbons (Fsp3) is 0.375. The Morgan fingerprint density at radius 1 is 1.30 bits per heavy atom. The van der Waals surface area contributed by atoms with Crippen LogP contribution in [0, 0.1) is 11.3 Å². The summed E-state index contributed by atoms with van der Waals surface area (Å²) in [5.74, 6) is 0.723. The minimum absolute atomic E-state index is 0.409. The molecule has 0 saturated carbocycles. The summed E-state index contributed by atoms with van der Waals surface area (Å²) in [4.78, 5) is 6.94. The molecule has 1 aliphatic heterocycles. The van der Waals surface area contributed by atoms with Gasteiger partial charge in [-0.05, 0) is 45.1 Å². The molecule has 1 aromatic heterocycles. The zero-order valence-corrected chi connectivity index (χ0v) is 11.6. The lowest BCUT2D eigenvalue weighted by Gasteiger charge is -2.30. The molecular formula is C16H18N4. The van der Waals surface area contributed by atoms with Crippen LogP contribution in [0.15, 0.2) is 30.3 Å². The first-order valence-electron chi connectivity index (χ1n) is 7.01. The molecule has 102 valence electrons. The summed E-state index contributed by atoms with van der Waals surface area (Å²) in [5, 5.41) is 13.8. The molecule has 3 rings (SSSR count). The van der Waals surface area contributed by atoms with Crippen LogP contribution in [-0.2, 0) is 0 Å². The van der Waals surface area contributed by atoms with Crippen LogP contribution in [0.4, 0.5) is 5.82 Å². The van der Waals surface area contributed by atoms with Crippen LogP contribution in [0.5, 0.6) is 0 Å². The van der Waals surface area contributed by atoms with Crippen LogP contribution in [-0.4, -0.2) is 36.1 Å². The van der Waals surface area contributed by atoms with Gasteiger partial charge in [-0.25, -0.2) is 4.98 Å². The predicted molar refractivity (Wildman–Crippen MR) is 80.6 cm³/mol. The highest BCUT2D eigenvalue weighted by molar-refractivity contribution is 5.82. The second-order valence-corrected chi connectivity index (χ2v) is 5.41. The number of rotatable bonds is 2. The van der Waals surface area contributed by atoms with Crippen molar-refractivity contribution in [1.29, 1.82) is 5.26 Å². The number of pyridine rings is 1. The maximum Gasteiger partial charge on any atom is 0.144 e. The van der Waals surface area contributed by atoms with Crippen molar-refractivity contribution in [2.75, 3.05) is 25.5 Å². The molecule has 0 aliphatic carbocycles. The average Bonchev–Trinajstić information content (AvgIpc) is 2.49. The molecule has 0 unspecified atom stereocenters. The van der Waals surface area contributed by atoms with E-state index < -0.39 is 0 Å². The Kier molecular flexibility index (Phi) is 3.53. The van der Waals surface area contributed by atoms with E-state index in [9.17, 15) is 5.26 Å². The Morgan fingerprint density at radius 3 is 2.80 bits per heavy atom. The van der Waals surface area contributed by atoms with E-state index in [1.807, 2.05) is 30.3 Å². The Morgan fingerprint density at radius 2 is 2.05 bits per heavy atom. The van der Waals surface area contributed by atoms with E-state index in [4.69, 9.17) is 0 Å². The zero-order chi connectivity index (χ0) is 13.9. The number of para-hydroxylation sites is 1. The van der Waals surface area contributed by atoms with Crippen LogP contribution < -0.4 is 5.32 Å². The topological polar surface area (TPSA) is 52.0 Å². The maximum atomic E-state index is 9.31. The van der Waals surface area contributed by atoms with E-state index in [1.54, 1.807) is 0 Å². The average molecular weight is 266 g/mol. The van der Waals surface area contributed by atoms with Gasteiger partial charge in [-0.1, -0.05) is 18.2 Å². The SMILES string of the molecule is CN1CCC(Nc2nc3ccccc3cc2C#N)CC1. The number of fused-ring (bicyclic) bond motifs is 1. The number of hydrogen-bond acceptors (Lipinski definition) is 4. The van der Waals surface area contributed by atoms with Gasteiger partial charge in [0, 0.05) is 11.4 Å². The standard InChI is InChI=1S/C16H18N4/c1-20-8-6-14(7-9-20)18-16-13(11-17)10-12-4-2-3-5-15(12)19-16/h2-5,10,14H,6-9H2,1H3,(H,18,19). The molecule has 4 heteroatoms. The predicted octanol–water partition coefficient (Wildman–Crippen LogP) is 2.61. The molecule has 2 heterocycles. The quantitative estimate of drug-likeness (QED) is 0.907. The molecule has 0 spiro atoms. The van der Waals surface area contributed by atoms with Gasteiger partial charge in [0.25, 0.3) is 0 Å². The van der Waals surface area contributed by atoms with Crippen LogP contribution in [0.25, 0.3) is 10.9 Å². The molecule has 1 saturated heterocycles. The number of nitriles is 1.